The second kappa shape index (κ2) is 4.44. The average molecular weight is 271 g/mol. The van der Waals surface area contributed by atoms with Gasteiger partial charge in [0.15, 0.2) is 0 Å². The number of nitrogen functional groups attached to an aromatic ring is 1. The van der Waals surface area contributed by atoms with E-state index < -0.39 is 0 Å². The van der Waals surface area contributed by atoms with Crippen molar-refractivity contribution in [2.45, 2.75) is 57.8 Å². The summed E-state index contributed by atoms with van der Waals surface area (Å²) >= 11 is 0. The van der Waals surface area contributed by atoms with E-state index in [0.29, 0.717) is 17.7 Å². The van der Waals surface area contributed by atoms with E-state index in [1.54, 1.807) is 0 Å². The van der Waals surface area contributed by atoms with Crippen LogP contribution in [0, 0.1) is 23.7 Å². The van der Waals surface area contributed by atoms with Gasteiger partial charge in [0.1, 0.15) is 11.6 Å². The van der Waals surface area contributed by atoms with Crippen molar-refractivity contribution in [2.24, 2.45) is 23.7 Å². The Balaban J connectivity index is 1.70. The molecule has 108 valence electrons. The molecule has 0 aromatic carbocycles. The molecule has 0 aliphatic heterocycles. The molecule has 0 saturated heterocycles. The summed E-state index contributed by atoms with van der Waals surface area (Å²) in [5.41, 5.74) is 7.28. The second-order valence-electron chi connectivity index (χ2n) is 7.69. The number of nitrogens with two attached hydrogens (primary N) is 1. The summed E-state index contributed by atoms with van der Waals surface area (Å²) in [4.78, 5) is 9.30. The van der Waals surface area contributed by atoms with Gasteiger partial charge in [-0.2, -0.15) is 0 Å². The molecule has 2 N–H and O–H groups in total. The summed E-state index contributed by atoms with van der Waals surface area (Å²) in [5.74, 6) is 6.34. The van der Waals surface area contributed by atoms with Gasteiger partial charge in [-0.05, 0) is 55.8 Å². The molecule has 1 aromatic rings. The molecule has 0 spiro atoms. The Labute approximate surface area is 121 Å². The van der Waals surface area contributed by atoms with Gasteiger partial charge in [0.05, 0.1) is 0 Å². The average Bonchev–Trinajstić information content (AvgIpc) is 2.36. The summed E-state index contributed by atoms with van der Waals surface area (Å²) in [7, 11) is 0. The molecule has 4 aliphatic carbocycles. The highest BCUT2D eigenvalue weighted by molar-refractivity contribution is 5.33. The Morgan fingerprint density at radius 2 is 1.60 bits per heavy atom. The number of nitrogens with zero attached hydrogens (tertiary/aromatic N) is 2. The van der Waals surface area contributed by atoms with E-state index in [9.17, 15) is 0 Å². The first-order valence-electron chi connectivity index (χ1n) is 8.24. The Morgan fingerprint density at radius 1 is 1.00 bits per heavy atom. The highest BCUT2D eigenvalue weighted by Gasteiger charge is 2.49. The molecular formula is C17H25N3. The summed E-state index contributed by atoms with van der Waals surface area (Å²) in [5, 5.41) is 0. The van der Waals surface area contributed by atoms with Crippen LogP contribution in [0.25, 0.3) is 0 Å². The highest BCUT2D eigenvalue weighted by atomic mass is 15.0. The minimum Gasteiger partial charge on any atom is -0.384 e. The fourth-order valence-corrected chi connectivity index (χ4v) is 5.34. The smallest absolute Gasteiger partial charge is 0.133 e. The second-order valence-corrected chi connectivity index (χ2v) is 7.69. The Bertz CT molecular complexity index is 495. The van der Waals surface area contributed by atoms with Gasteiger partial charge in [0, 0.05) is 23.6 Å². The molecule has 0 amide bonds. The highest BCUT2D eigenvalue weighted by Crippen LogP contribution is 2.59. The van der Waals surface area contributed by atoms with E-state index in [0.717, 1.165) is 29.5 Å². The predicted molar refractivity (Wildman–Crippen MR) is 80.3 cm³/mol. The summed E-state index contributed by atoms with van der Waals surface area (Å²) in [6.07, 6.45) is 7.22. The van der Waals surface area contributed by atoms with Gasteiger partial charge >= 0.3 is 0 Å². The van der Waals surface area contributed by atoms with Crippen LogP contribution in [0.5, 0.6) is 0 Å². The van der Waals surface area contributed by atoms with Gasteiger partial charge in [-0.25, -0.2) is 9.97 Å². The van der Waals surface area contributed by atoms with E-state index in [2.05, 4.69) is 24.9 Å². The molecule has 3 nitrogen and oxygen atoms in total. The first-order chi connectivity index (χ1) is 9.60. The summed E-state index contributed by atoms with van der Waals surface area (Å²) in [6.45, 7) is 4.30. The van der Waals surface area contributed by atoms with Crippen LogP contribution in [-0.2, 0) is 0 Å². The fraction of sp³-hybridized carbons (Fsp3) is 0.765. The molecule has 5 rings (SSSR count). The third-order valence-corrected chi connectivity index (χ3v) is 5.87. The van der Waals surface area contributed by atoms with E-state index in [1.165, 1.54) is 37.8 Å². The molecule has 0 radical (unpaired) electrons. The molecule has 4 aliphatic rings. The Morgan fingerprint density at radius 3 is 2.15 bits per heavy atom. The number of hydrogen-bond donors (Lipinski definition) is 1. The van der Waals surface area contributed by atoms with Crippen LogP contribution < -0.4 is 5.73 Å². The molecule has 4 saturated carbocycles. The van der Waals surface area contributed by atoms with Crippen molar-refractivity contribution in [2.75, 3.05) is 5.73 Å². The van der Waals surface area contributed by atoms with Gasteiger partial charge in [0.2, 0.25) is 0 Å². The first kappa shape index (κ1) is 12.6. The van der Waals surface area contributed by atoms with Crippen LogP contribution in [-0.4, -0.2) is 9.97 Å². The molecule has 1 aromatic heterocycles. The zero-order valence-electron chi connectivity index (χ0n) is 12.5. The van der Waals surface area contributed by atoms with Gasteiger partial charge in [-0.15, -0.1) is 0 Å². The lowest BCUT2D eigenvalue weighted by molar-refractivity contribution is -0.00424. The van der Waals surface area contributed by atoms with Crippen molar-refractivity contribution in [3.63, 3.8) is 0 Å². The molecule has 0 unspecified atom stereocenters. The van der Waals surface area contributed by atoms with Crippen molar-refractivity contribution in [3.8, 4) is 0 Å². The Kier molecular flexibility index (Phi) is 2.80. The minimum atomic E-state index is 0.356. The SMILES string of the molecule is CC(C)c1nc(N)cc(C2C3CC4CC(C3)CC2C4)n1. The van der Waals surface area contributed by atoms with Crippen LogP contribution in [0.1, 0.15) is 69.3 Å². The van der Waals surface area contributed by atoms with Gasteiger partial charge in [-0.3, -0.25) is 0 Å². The number of anilines is 1. The lowest BCUT2D eigenvalue weighted by Gasteiger charge is -2.54. The van der Waals surface area contributed by atoms with Crippen molar-refractivity contribution < 1.29 is 0 Å². The maximum absolute atomic E-state index is 6.04. The number of rotatable bonds is 2. The van der Waals surface area contributed by atoms with Crippen molar-refractivity contribution in [1.82, 2.24) is 9.97 Å². The molecule has 4 fully saturated rings. The minimum absolute atomic E-state index is 0.356. The monoisotopic (exact) mass is 271 g/mol. The Hall–Kier alpha value is -1.12. The molecule has 20 heavy (non-hydrogen) atoms. The molecular weight excluding hydrogens is 246 g/mol. The van der Waals surface area contributed by atoms with Crippen LogP contribution in [0.2, 0.25) is 0 Å². The van der Waals surface area contributed by atoms with Crippen LogP contribution >= 0.6 is 0 Å². The quantitative estimate of drug-likeness (QED) is 0.892. The van der Waals surface area contributed by atoms with Crippen molar-refractivity contribution >= 4 is 5.82 Å². The largest absolute Gasteiger partial charge is 0.384 e. The van der Waals surface area contributed by atoms with Gasteiger partial charge < -0.3 is 5.73 Å². The van der Waals surface area contributed by atoms with E-state index >= 15 is 0 Å². The molecule has 1 heterocycles. The van der Waals surface area contributed by atoms with Crippen molar-refractivity contribution in [1.29, 1.82) is 0 Å². The van der Waals surface area contributed by atoms with Gasteiger partial charge in [-0.1, -0.05) is 13.8 Å². The third-order valence-electron chi connectivity index (χ3n) is 5.87. The number of hydrogen-bond acceptors (Lipinski definition) is 3. The van der Waals surface area contributed by atoms with E-state index in [-0.39, 0.29) is 0 Å². The summed E-state index contributed by atoms with van der Waals surface area (Å²) in [6, 6.07) is 2.05. The van der Waals surface area contributed by atoms with E-state index in [4.69, 9.17) is 10.7 Å². The zero-order chi connectivity index (χ0) is 13.9. The zero-order valence-corrected chi connectivity index (χ0v) is 12.5. The van der Waals surface area contributed by atoms with Crippen LogP contribution in [0.3, 0.4) is 0 Å². The molecule has 4 bridgehead atoms. The maximum atomic E-state index is 6.04. The summed E-state index contributed by atoms with van der Waals surface area (Å²) < 4.78 is 0. The normalized spacial score (nSPS) is 38.6. The van der Waals surface area contributed by atoms with Gasteiger partial charge in [0.25, 0.3) is 0 Å². The molecule has 0 atom stereocenters. The standard InChI is InChI=1S/C17H25N3/c1-9(2)17-19-14(8-15(18)20-17)16-12-4-10-3-11(6-12)7-13(16)5-10/h8-13,16H,3-7H2,1-2H3,(H2,18,19,20). The molecule has 3 heteroatoms. The van der Waals surface area contributed by atoms with Crippen LogP contribution in [0.4, 0.5) is 5.82 Å². The van der Waals surface area contributed by atoms with E-state index in [1.807, 2.05) is 0 Å². The topological polar surface area (TPSA) is 51.8 Å². The fourth-order valence-electron chi connectivity index (χ4n) is 5.34. The third kappa shape index (κ3) is 1.94. The van der Waals surface area contributed by atoms with Crippen LogP contribution in [0.15, 0.2) is 6.07 Å². The predicted octanol–water partition coefficient (Wildman–Crippen LogP) is 3.72. The van der Waals surface area contributed by atoms with Crippen molar-refractivity contribution in [3.05, 3.63) is 17.6 Å². The number of aromatic nitrogens is 2. The maximum Gasteiger partial charge on any atom is 0.133 e. The lowest BCUT2D eigenvalue weighted by Crippen LogP contribution is -2.44. The lowest BCUT2D eigenvalue weighted by atomic mass is 9.51. The first-order valence-corrected chi connectivity index (χ1v) is 8.24.